The molecule has 0 aromatic heterocycles. The minimum absolute atomic E-state index is 0.0454. The van der Waals surface area contributed by atoms with Crippen LogP contribution in [0.2, 0.25) is 0 Å². The van der Waals surface area contributed by atoms with Gasteiger partial charge in [-0.2, -0.15) is 0 Å². The maximum Gasteiger partial charge on any atom is 0.237 e. The van der Waals surface area contributed by atoms with E-state index in [4.69, 9.17) is 5.73 Å². The standard InChI is InChI=1S/C13H26N2O3S/c1-10(2)7-19(17,18)8-12(16)15-6-5-11(14)13(3,4)9-15/h10-11H,5-9,14H2,1-4H3. The number of sulfone groups is 1. The van der Waals surface area contributed by atoms with E-state index in [9.17, 15) is 13.2 Å². The molecular weight excluding hydrogens is 264 g/mol. The number of amides is 1. The molecule has 0 bridgehead atoms. The summed E-state index contributed by atoms with van der Waals surface area (Å²) in [6.45, 7) is 8.79. The monoisotopic (exact) mass is 290 g/mol. The van der Waals surface area contributed by atoms with Crippen molar-refractivity contribution in [3.05, 3.63) is 0 Å². The number of nitrogens with two attached hydrogens (primary N) is 1. The van der Waals surface area contributed by atoms with Gasteiger partial charge in [-0.15, -0.1) is 0 Å². The first-order valence-electron chi connectivity index (χ1n) is 6.77. The molecule has 0 aromatic carbocycles. The predicted octanol–water partition coefficient (Wildman–Crippen LogP) is 0.643. The summed E-state index contributed by atoms with van der Waals surface area (Å²) in [6.07, 6.45) is 0.725. The first-order valence-corrected chi connectivity index (χ1v) is 8.59. The van der Waals surface area contributed by atoms with E-state index in [2.05, 4.69) is 0 Å². The summed E-state index contributed by atoms with van der Waals surface area (Å²) >= 11 is 0. The average molecular weight is 290 g/mol. The molecule has 1 aliphatic rings. The quantitative estimate of drug-likeness (QED) is 0.824. The third-order valence-electron chi connectivity index (χ3n) is 3.60. The molecule has 1 rings (SSSR count). The molecule has 1 unspecified atom stereocenters. The van der Waals surface area contributed by atoms with Crippen LogP contribution in [-0.4, -0.2) is 49.9 Å². The zero-order chi connectivity index (χ0) is 14.8. The van der Waals surface area contributed by atoms with E-state index < -0.39 is 9.84 Å². The van der Waals surface area contributed by atoms with Crippen molar-refractivity contribution in [1.29, 1.82) is 0 Å². The fraction of sp³-hybridized carbons (Fsp3) is 0.923. The number of likely N-dealkylation sites (tertiary alicyclic amines) is 1. The SMILES string of the molecule is CC(C)CS(=O)(=O)CC(=O)N1CCC(N)C(C)(C)C1. The van der Waals surface area contributed by atoms with Crippen LogP contribution in [-0.2, 0) is 14.6 Å². The van der Waals surface area contributed by atoms with Gasteiger partial charge in [0.2, 0.25) is 5.91 Å². The number of carbonyl (C=O) groups excluding carboxylic acids is 1. The molecule has 0 aromatic rings. The van der Waals surface area contributed by atoms with Gasteiger partial charge in [-0.1, -0.05) is 27.7 Å². The Morgan fingerprint density at radius 3 is 2.47 bits per heavy atom. The zero-order valence-corrected chi connectivity index (χ0v) is 13.2. The lowest BCUT2D eigenvalue weighted by Gasteiger charge is -2.42. The normalized spacial score (nSPS) is 23.7. The molecular formula is C13H26N2O3S. The second-order valence-electron chi connectivity index (χ2n) is 6.65. The number of carbonyl (C=O) groups is 1. The van der Waals surface area contributed by atoms with Gasteiger partial charge < -0.3 is 10.6 Å². The molecule has 1 saturated heterocycles. The van der Waals surface area contributed by atoms with E-state index >= 15 is 0 Å². The van der Waals surface area contributed by atoms with Crippen molar-refractivity contribution in [2.24, 2.45) is 17.1 Å². The summed E-state index contributed by atoms with van der Waals surface area (Å²) in [6, 6.07) is 0.0591. The molecule has 1 heterocycles. The van der Waals surface area contributed by atoms with Crippen molar-refractivity contribution in [3.63, 3.8) is 0 Å². The minimum atomic E-state index is -3.30. The Morgan fingerprint density at radius 2 is 2.00 bits per heavy atom. The Kier molecular flexibility index (Phi) is 5.01. The van der Waals surface area contributed by atoms with Gasteiger partial charge in [0.25, 0.3) is 0 Å². The summed E-state index contributed by atoms with van der Waals surface area (Å²) in [7, 11) is -3.30. The topological polar surface area (TPSA) is 80.5 Å². The van der Waals surface area contributed by atoms with Crippen LogP contribution in [0.5, 0.6) is 0 Å². The maximum absolute atomic E-state index is 12.1. The molecule has 0 radical (unpaired) electrons. The number of rotatable bonds is 4. The highest BCUT2D eigenvalue weighted by Gasteiger charge is 2.36. The van der Waals surface area contributed by atoms with E-state index in [1.165, 1.54) is 0 Å². The van der Waals surface area contributed by atoms with Crippen molar-refractivity contribution in [2.45, 2.75) is 40.2 Å². The lowest BCUT2D eigenvalue weighted by molar-refractivity contribution is -0.131. The van der Waals surface area contributed by atoms with Crippen molar-refractivity contribution in [1.82, 2.24) is 4.90 Å². The van der Waals surface area contributed by atoms with E-state index in [1.807, 2.05) is 27.7 Å². The largest absolute Gasteiger partial charge is 0.341 e. The first kappa shape index (κ1) is 16.4. The third kappa shape index (κ3) is 4.76. The Morgan fingerprint density at radius 1 is 1.42 bits per heavy atom. The van der Waals surface area contributed by atoms with Gasteiger partial charge in [-0.05, 0) is 17.8 Å². The van der Waals surface area contributed by atoms with Gasteiger partial charge in [0, 0.05) is 19.1 Å². The van der Waals surface area contributed by atoms with Gasteiger partial charge >= 0.3 is 0 Å². The van der Waals surface area contributed by atoms with Crippen LogP contribution >= 0.6 is 0 Å². The summed E-state index contributed by atoms with van der Waals surface area (Å²) in [5.74, 6) is -0.559. The van der Waals surface area contributed by atoms with Gasteiger partial charge in [0.15, 0.2) is 9.84 Å². The number of hydrogen-bond acceptors (Lipinski definition) is 4. The van der Waals surface area contributed by atoms with E-state index in [0.717, 1.165) is 6.42 Å². The molecule has 1 atom stereocenters. The Bertz CT molecular complexity index is 429. The summed E-state index contributed by atoms with van der Waals surface area (Å²) in [4.78, 5) is 13.7. The van der Waals surface area contributed by atoms with E-state index in [1.54, 1.807) is 4.90 Å². The Hall–Kier alpha value is -0.620. The highest BCUT2D eigenvalue weighted by molar-refractivity contribution is 7.92. The fourth-order valence-corrected chi connectivity index (χ4v) is 4.13. The average Bonchev–Trinajstić information content (AvgIpc) is 2.18. The number of piperidine rings is 1. The zero-order valence-electron chi connectivity index (χ0n) is 12.3. The highest BCUT2D eigenvalue weighted by atomic mass is 32.2. The molecule has 1 aliphatic heterocycles. The van der Waals surface area contributed by atoms with Crippen molar-refractivity contribution in [2.75, 3.05) is 24.6 Å². The summed E-state index contributed by atoms with van der Waals surface area (Å²) in [5.41, 5.74) is 5.85. The van der Waals surface area contributed by atoms with E-state index in [-0.39, 0.29) is 34.8 Å². The predicted molar refractivity (Wildman–Crippen MR) is 76.4 cm³/mol. The van der Waals surface area contributed by atoms with Crippen LogP contribution in [0.4, 0.5) is 0 Å². The molecule has 19 heavy (non-hydrogen) atoms. The molecule has 112 valence electrons. The second kappa shape index (κ2) is 5.79. The molecule has 1 fully saturated rings. The van der Waals surface area contributed by atoms with Crippen molar-refractivity contribution in [3.8, 4) is 0 Å². The van der Waals surface area contributed by atoms with Crippen LogP contribution in [0.1, 0.15) is 34.1 Å². The first-order chi connectivity index (χ1) is 8.53. The Labute approximate surface area is 116 Å². The smallest absolute Gasteiger partial charge is 0.237 e. The lowest BCUT2D eigenvalue weighted by Crippen LogP contribution is -2.55. The van der Waals surface area contributed by atoms with Crippen LogP contribution < -0.4 is 5.73 Å². The molecule has 0 aliphatic carbocycles. The summed E-state index contributed by atoms with van der Waals surface area (Å²) < 4.78 is 23.7. The lowest BCUT2D eigenvalue weighted by atomic mass is 9.80. The van der Waals surface area contributed by atoms with Crippen LogP contribution in [0.25, 0.3) is 0 Å². The third-order valence-corrected chi connectivity index (χ3v) is 5.46. The van der Waals surface area contributed by atoms with Crippen LogP contribution in [0.15, 0.2) is 0 Å². The Balaban J connectivity index is 2.65. The van der Waals surface area contributed by atoms with Gasteiger partial charge in [0.05, 0.1) is 5.75 Å². The van der Waals surface area contributed by atoms with Crippen molar-refractivity contribution < 1.29 is 13.2 Å². The number of nitrogens with zero attached hydrogens (tertiary/aromatic N) is 1. The molecule has 0 saturated carbocycles. The van der Waals surface area contributed by atoms with Gasteiger partial charge in [-0.3, -0.25) is 4.79 Å². The second-order valence-corrected chi connectivity index (χ2v) is 8.76. The van der Waals surface area contributed by atoms with Crippen LogP contribution in [0, 0.1) is 11.3 Å². The molecule has 5 nitrogen and oxygen atoms in total. The summed E-state index contributed by atoms with van der Waals surface area (Å²) in [5, 5.41) is 0. The van der Waals surface area contributed by atoms with Gasteiger partial charge in [-0.25, -0.2) is 8.42 Å². The molecule has 1 amide bonds. The highest BCUT2D eigenvalue weighted by Crippen LogP contribution is 2.27. The van der Waals surface area contributed by atoms with Gasteiger partial charge in [0.1, 0.15) is 5.75 Å². The van der Waals surface area contributed by atoms with Crippen molar-refractivity contribution >= 4 is 15.7 Å². The molecule has 6 heteroatoms. The molecule has 0 spiro atoms. The fourth-order valence-electron chi connectivity index (χ4n) is 2.43. The van der Waals surface area contributed by atoms with E-state index in [0.29, 0.717) is 13.1 Å². The number of hydrogen-bond donors (Lipinski definition) is 1. The maximum atomic E-state index is 12.1. The molecule has 2 N–H and O–H groups in total. The minimum Gasteiger partial charge on any atom is -0.341 e. The van der Waals surface area contributed by atoms with Crippen LogP contribution in [0.3, 0.4) is 0 Å².